The van der Waals surface area contributed by atoms with Crippen LogP contribution in [0.4, 0.5) is 22.7 Å². The van der Waals surface area contributed by atoms with Gasteiger partial charge in [-0.15, -0.1) is 0 Å². The Hall–Kier alpha value is -16.3. The number of benzene rings is 21. The van der Waals surface area contributed by atoms with Gasteiger partial charge in [-0.05, 0) is 227 Å². The fraction of sp³-hybridized carbons (Fsp3) is 0.0394. The highest BCUT2D eigenvalue weighted by Crippen LogP contribution is 2.64. The minimum absolute atomic E-state index is 0.272. The second-order valence-electron chi connectivity index (χ2n) is 34.1. The van der Waals surface area contributed by atoms with Gasteiger partial charge in [-0.3, -0.25) is 0 Å². The first-order chi connectivity index (χ1) is 64.0. The lowest BCUT2D eigenvalue weighted by Crippen LogP contribution is -2.28. The van der Waals surface area contributed by atoms with E-state index in [1.807, 2.05) is 12.1 Å². The topological polar surface area (TPSA) is 24.1 Å². The van der Waals surface area contributed by atoms with Crippen molar-refractivity contribution in [2.75, 3.05) is 10.6 Å². The molecule has 129 heavy (non-hydrogen) atoms. The molecule has 2 nitrogen and oxygen atoms in total. The Labute approximate surface area is 756 Å². The number of fused-ring (bicyclic) bond motifs is 18. The molecule has 0 heterocycles. The molecule has 21 aromatic carbocycles. The van der Waals surface area contributed by atoms with Gasteiger partial charge in [-0.1, -0.05) is 479 Å². The zero-order valence-electron chi connectivity index (χ0n) is 71.6. The lowest BCUT2D eigenvalue weighted by atomic mass is 9.67. The molecule has 0 bridgehead atoms. The molecule has 0 saturated carbocycles. The zero-order valence-corrected chi connectivity index (χ0v) is 71.6. The second kappa shape index (κ2) is 34.3. The molecule has 0 atom stereocenters. The maximum Gasteiger partial charge on any atom is 0.0725 e. The smallest absolute Gasteiger partial charge is 0.0725 e. The van der Waals surface area contributed by atoms with Crippen molar-refractivity contribution in [3.63, 3.8) is 0 Å². The average molecular weight is 1650 g/mol. The van der Waals surface area contributed by atoms with Gasteiger partial charge in [0.2, 0.25) is 0 Å². The lowest BCUT2D eigenvalue weighted by Gasteiger charge is -2.34. The highest BCUT2D eigenvalue weighted by molar-refractivity contribution is 5.98. The minimum Gasteiger partial charge on any atom is -0.356 e. The minimum atomic E-state index is -0.358. The summed E-state index contributed by atoms with van der Waals surface area (Å²) in [5, 5.41) is 12.2. The average Bonchev–Trinajstić information content (AvgIpc) is 1.51. The first-order valence-corrected chi connectivity index (χ1v) is 44.9. The lowest BCUT2D eigenvalue weighted by molar-refractivity contribution is 0.767. The molecule has 2 N–H and O–H groups in total. The van der Waals surface area contributed by atoms with E-state index in [1.165, 1.54) is 177 Å². The number of nitrogens with one attached hydrogen (secondary N) is 2. The molecule has 0 saturated heterocycles. The Morgan fingerprint density at radius 1 is 0.163 bits per heavy atom. The number of para-hydroxylation sites is 1. The Morgan fingerprint density at radius 3 is 0.915 bits per heavy atom. The molecule has 0 amide bonds. The summed E-state index contributed by atoms with van der Waals surface area (Å²) in [6.07, 6.45) is 1.82. The summed E-state index contributed by atoms with van der Waals surface area (Å²) in [7, 11) is 0. The zero-order chi connectivity index (χ0) is 85.9. The highest BCUT2D eigenvalue weighted by Gasteiger charge is 2.52. The van der Waals surface area contributed by atoms with Crippen LogP contribution in [0.2, 0.25) is 0 Å². The van der Waals surface area contributed by atoms with Crippen molar-refractivity contribution in [3.05, 3.63) is 611 Å². The molecule has 0 radical (unpaired) electrons. The standard InChI is InChI=1S/C38H26.C36H26.C31H23N.C22H17N/c1-2-10-28(11-3-1)29-21-18-26(19-22-29)24-27-20-23-33-32-14-6-9-17-36(32)38(37(33)25-27)34-15-7-4-12-30(34)31-13-5-8-16-35(31)38;1-3-15-29(16-4-1)36(30-17-5-2-6-18-30)34-21-10-9-20-32(34)33-23-22-26(25-35(33)36)24-28-14-11-13-27-12-7-8-19-31(27)28;1-4-12-23(13-5-1)31(24-14-6-2-7-15-24)29-19-11-10-18-27(29)28-21-20-26(22-30(28)31)32-25-16-8-3-9-17-25;1-2-7-17(8-3-1)18-13-15-20(16-14-18)23-22-12-6-10-19-9-4-5-11-21(19)22/h1-23,25H,24H2;1-23,25H,24H2;1-22,32H;1-16,23H. The summed E-state index contributed by atoms with van der Waals surface area (Å²) in [6, 6.07) is 189. The third kappa shape index (κ3) is 14.2. The van der Waals surface area contributed by atoms with Crippen molar-refractivity contribution in [2.24, 2.45) is 0 Å². The second-order valence-corrected chi connectivity index (χ2v) is 34.1. The van der Waals surface area contributed by atoms with Gasteiger partial charge in [0.15, 0.2) is 0 Å². The quantitative estimate of drug-likeness (QED) is 0.113. The predicted octanol–water partition coefficient (Wildman–Crippen LogP) is 32.1. The van der Waals surface area contributed by atoms with Crippen molar-refractivity contribution in [1.29, 1.82) is 0 Å². The van der Waals surface area contributed by atoms with Crippen molar-refractivity contribution < 1.29 is 0 Å². The van der Waals surface area contributed by atoms with E-state index in [-0.39, 0.29) is 16.2 Å². The van der Waals surface area contributed by atoms with Crippen LogP contribution in [0.25, 0.3) is 88.3 Å². The Balaban J connectivity index is 0.000000103. The summed E-state index contributed by atoms with van der Waals surface area (Å²) < 4.78 is 0. The van der Waals surface area contributed by atoms with Crippen LogP contribution in [0.1, 0.15) is 89.0 Å². The molecule has 0 fully saturated rings. The van der Waals surface area contributed by atoms with Crippen LogP contribution in [-0.4, -0.2) is 0 Å². The SMILES string of the molecule is c1ccc(-c2ccc(Cc3ccc4c(c3)C3(c5ccccc5-c5ccccc53)c3ccccc3-4)cc2)cc1.c1ccc(-c2ccc(Nc3cccc4ccccc34)cc2)cc1.c1ccc(C2(c3ccccc3)c3ccccc3-c3ccc(Cc4cccc5ccccc45)cc32)cc1.c1ccc(Nc2ccc3c(c2)C(c2ccccc2)(c2ccccc2)c2ccccc2-3)cc1. The Bertz CT molecular complexity index is 7470. The van der Waals surface area contributed by atoms with Crippen LogP contribution in [-0.2, 0) is 29.1 Å². The molecule has 4 aliphatic rings. The molecule has 2 heteroatoms. The Morgan fingerprint density at radius 2 is 0.457 bits per heavy atom. The third-order valence-electron chi connectivity index (χ3n) is 26.9. The Kier molecular flexibility index (Phi) is 21.0. The molecule has 0 aromatic heterocycles. The van der Waals surface area contributed by atoms with Crippen molar-refractivity contribution >= 4 is 44.3 Å². The van der Waals surface area contributed by atoms with Crippen LogP contribution in [0.5, 0.6) is 0 Å². The van der Waals surface area contributed by atoms with E-state index in [1.54, 1.807) is 0 Å². The van der Waals surface area contributed by atoms with Crippen LogP contribution in [0.15, 0.2) is 522 Å². The van der Waals surface area contributed by atoms with Crippen LogP contribution in [0, 0.1) is 0 Å². The third-order valence-corrected chi connectivity index (χ3v) is 26.9. The molecular weight excluding hydrogens is 1550 g/mol. The monoisotopic (exact) mass is 1640 g/mol. The van der Waals surface area contributed by atoms with Crippen molar-refractivity contribution in [3.8, 4) is 66.8 Å². The van der Waals surface area contributed by atoms with Gasteiger partial charge in [0, 0.05) is 28.1 Å². The molecule has 0 unspecified atom stereocenters. The summed E-state index contributed by atoms with van der Waals surface area (Å²) in [5.74, 6) is 0. The molecule has 4 aliphatic carbocycles. The molecule has 25 rings (SSSR count). The van der Waals surface area contributed by atoms with E-state index in [2.05, 4.69) is 520 Å². The maximum atomic E-state index is 3.60. The fourth-order valence-electron chi connectivity index (χ4n) is 21.3. The molecule has 21 aromatic rings. The van der Waals surface area contributed by atoms with Crippen LogP contribution in [0.3, 0.4) is 0 Å². The first kappa shape index (κ1) is 78.7. The van der Waals surface area contributed by atoms with E-state index in [0.717, 1.165) is 35.6 Å². The fourth-order valence-corrected chi connectivity index (χ4v) is 21.3. The van der Waals surface area contributed by atoms with Gasteiger partial charge in [0.25, 0.3) is 0 Å². The number of hydrogen-bond acceptors (Lipinski definition) is 2. The van der Waals surface area contributed by atoms with E-state index >= 15 is 0 Å². The van der Waals surface area contributed by atoms with Gasteiger partial charge in [0.1, 0.15) is 0 Å². The summed E-state index contributed by atoms with van der Waals surface area (Å²) in [5.41, 5.74) is 40.7. The molecular formula is C127H92N2. The van der Waals surface area contributed by atoms with Gasteiger partial charge >= 0.3 is 0 Å². The van der Waals surface area contributed by atoms with Gasteiger partial charge in [0.05, 0.1) is 16.2 Å². The van der Waals surface area contributed by atoms with Gasteiger partial charge in [-0.25, -0.2) is 0 Å². The first-order valence-electron chi connectivity index (χ1n) is 44.9. The summed E-state index contributed by atoms with van der Waals surface area (Å²) >= 11 is 0. The van der Waals surface area contributed by atoms with E-state index < -0.39 is 0 Å². The predicted molar refractivity (Wildman–Crippen MR) is 541 cm³/mol. The van der Waals surface area contributed by atoms with E-state index in [4.69, 9.17) is 0 Å². The number of anilines is 4. The molecule has 1 spiro atoms. The van der Waals surface area contributed by atoms with Crippen molar-refractivity contribution in [1.82, 2.24) is 0 Å². The van der Waals surface area contributed by atoms with Crippen molar-refractivity contribution in [2.45, 2.75) is 29.1 Å². The normalized spacial score (nSPS) is 12.9. The number of rotatable bonds is 14. The van der Waals surface area contributed by atoms with Gasteiger partial charge < -0.3 is 10.6 Å². The van der Waals surface area contributed by atoms with Crippen LogP contribution < -0.4 is 10.6 Å². The van der Waals surface area contributed by atoms with E-state index in [0.29, 0.717) is 0 Å². The number of hydrogen-bond donors (Lipinski definition) is 2. The summed E-state index contributed by atoms with van der Waals surface area (Å²) in [4.78, 5) is 0. The highest BCUT2D eigenvalue weighted by atomic mass is 14.9. The molecule has 0 aliphatic heterocycles. The largest absolute Gasteiger partial charge is 0.356 e. The molecule has 610 valence electrons. The van der Waals surface area contributed by atoms with E-state index in [9.17, 15) is 0 Å². The maximum absolute atomic E-state index is 3.60. The van der Waals surface area contributed by atoms with Gasteiger partial charge in [-0.2, -0.15) is 0 Å². The van der Waals surface area contributed by atoms with Crippen LogP contribution >= 0.6 is 0 Å². The summed E-state index contributed by atoms with van der Waals surface area (Å²) in [6.45, 7) is 0.